The maximum absolute atomic E-state index is 12.6. The van der Waals surface area contributed by atoms with Gasteiger partial charge in [-0.1, -0.05) is 12.1 Å². The molecule has 0 aliphatic rings. The second-order valence-electron chi connectivity index (χ2n) is 3.74. The molecular weight excluding hydrogens is 239 g/mol. The number of oxime groups is 1. The maximum Gasteiger partial charge on any atom is 0.270 e. The molecule has 0 aromatic carbocycles. The molecule has 1 amide bonds. The van der Waals surface area contributed by atoms with Crippen LogP contribution in [0.15, 0.2) is 23.5 Å². The Morgan fingerprint density at radius 1 is 1.67 bits per heavy atom. The summed E-state index contributed by atoms with van der Waals surface area (Å²) in [6, 6.07) is 2.19. The number of amidine groups is 1. The molecule has 0 fully saturated rings. The van der Waals surface area contributed by atoms with Crippen LogP contribution in [-0.2, 0) is 0 Å². The minimum atomic E-state index is -0.504. The standard InChI is InChI=1S/C11H15FN4O2/c1-2-8(5-10(13)16-18)15-11(17)9-4-3-7(12)6-14-9/h3-4,6,8,18H,2,5H2,1H3,(H2,13,16)(H,15,17). The van der Waals surface area contributed by atoms with Gasteiger partial charge in [0.1, 0.15) is 17.3 Å². The predicted molar refractivity (Wildman–Crippen MR) is 63.8 cm³/mol. The molecule has 0 spiro atoms. The van der Waals surface area contributed by atoms with Crippen LogP contribution >= 0.6 is 0 Å². The number of pyridine rings is 1. The monoisotopic (exact) mass is 254 g/mol. The lowest BCUT2D eigenvalue weighted by Crippen LogP contribution is -2.37. The van der Waals surface area contributed by atoms with E-state index in [1.807, 2.05) is 6.92 Å². The summed E-state index contributed by atoms with van der Waals surface area (Å²) in [7, 11) is 0. The Labute approximate surface area is 104 Å². The minimum absolute atomic E-state index is 0.0363. The highest BCUT2D eigenvalue weighted by atomic mass is 19.1. The SMILES string of the molecule is CCC(C/C(N)=N/O)NC(=O)c1ccc(F)cn1. The number of hydrogen-bond acceptors (Lipinski definition) is 4. The van der Waals surface area contributed by atoms with Gasteiger partial charge in [-0.15, -0.1) is 0 Å². The van der Waals surface area contributed by atoms with E-state index in [9.17, 15) is 9.18 Å². The third kappa shape index (κ3) is 4.00. The van der Waals surface area contributed by atoms with E-state index >= 15 is 0 Å². The van der Waals surface area contributed by atoms with Crippen molar-refractivity contribution in [2.75, 3.05) is 0 Å². The van der Waals surface area contributed by atoms with E-state index in [0.29, 0.717) is 6.42 Å². The summed E-state index contributed by atoms with van der Waals surface area (Å²) in [4.78, 5) is 15.4. The molecule has 0 saturated heterocycles. The zero-order chi connectivity index (χ0) is 13.5. The molecule has 7 heteroatoms. The molecule has 1 aromatic heterocycles. The average molecular weight is 254 g/mol. The summed E-state index contributed by atoms with van der Waals surface area (Å²) in [6.07, 6.45) is 1.82. The van der Waals surface area contributed by atoms with Gasteiger partial charge in [-0.05, 0) is 18.6 Å². The number of amides is 1. The lowest BCUT2D eigenvalue weighted by molar-refractivity contribution is 0.0931. The molecule has 0 aliphatic heterocycles. The molecule has 0 aliphatic carbocycles. The van der Waals surface area contributed by atoms with Gasteiger partial charge in [0.15, 0.2) is 0 Å². The summed E-state index contributed by atoms with van der Waals surface area (Å²) < 4.78 is 12.6. The van der Waals surface area contributed by atoms with Crippen LogP contribution in [0.1, 0.15) is 30.3 Å². The third-order valence-electron chi connectivity index (χ3n) is 2.37. The first-order valence-electron chi connectivity index (χ1n) is 5.45. The number of aromatic nitrogens is 1. The van der Waals surface area contributed by atoms with E-state index in [1.165, 1.54) is 6.07 Å². The first-order valence-corrected chi connectivity index (χ1v) is 5.45. The molecule has 6 nitrogen and oxygen atoms in total. The molecular formula is C11H15FN4O2. The second kappa shape index (κ2) is 6.53. The third-order valence-corrected chi connectivity index (χ3v) is 2.37. The van der Waals surface area contributed by atoms with Gasteiger partial charge in [-0.25, -0.2) is 9.37 Å². The molecule has 1 atom stereocenters. The van der Waals surface area contributed by atoms with Crippen LogP contribution in [0.5, 0.6) is 0 Å². The molecule has 1 aromatic rings. The van der Waals surface area contributed by atoms with Gasteiger partial charge in [0.05, 0.1) is 6.20 Å². The van der Waals surface area contributed by atoms with Gasteiger partial charge in [0.2, 0.25) is 0 Å². The highest BCUT2D eigenvalue weighted by Crippen LogP contribution is 2.02. The van der Waals surface area contributed by atoms with Gasteiger partial charge in [0.25, 0.3) is 5.91 Å². The number of nitrogens with zero attached hydrogens (tertiary/aromatic N) is 2. The van der Waals surface area contributed by atoms with Crippen LogP contribution in [0, 0.1) is 5.82 Å². The quantitative estimate of drug-likeness (QED) is 0.314. The highest BCUT2D eigenvalue weighted by Gasteiger charge is 2.14. The molecule has 0 saturated carbocycles. The smallest absolute Gasteiger partial charge is 0.270 e. The van der Waals surface area contributed by atoms with Crippen molar-refractivity contribution in [1.29, 1.82) is 0 Å². The van der Waals surface area contributed by atoms with E-state index in [1.54, 1.807) is 0 Å². The topological polar surface area (TPSA) is 101 Å². The number of carbonyl (C=O) groups excluding carboxylic acids is 1. The highest BCUT2D eigenvalue weighted by molar-refractivity contribution is 5.92. The Bertz CT molecular complexity index is 433. The number of carbonyl (C=O) groups is 1. The van der Waals surface area contributed by atoms with Crippen molar-refractivity contribution in [2.24, 2.45) is 10.9 Å². The number of halogens is 1. The Hall–Kier alpha value is -2.18. The molecule has 18 heavy (non-hydrogen) atoms. The predicted octanol–water partition coefficient (Wildman–Crippen LogP) is 0.866. The zero-order valence-corrected chi connectivity index (χ0v) is 9.93. The largest absolute Gasteiger partial charge is 0.409 e. The van der Waals surface area contributed by atoms with E-state index < -0.39 is 11.7 Å². The molecule has 1 unspecified atom stereocenters. The molecule has 4 N–H and O–H groups in total. The fourth-order valence-electron chi connectivity index (χ4n) is 1.36. The fourth-order valence-corrected chi connectivity index (χ4v) is 1.36. The Morgan fingerprint density at radius 2 is 2.39 bits per heavy atom. The van der Waals surface area contributed by atoms with Gasteiger partial charge in [0, 0.05) is 12.5 Å². The van der Waals surface area contributed by atoms with Crippen LogP contribution in [-0.4, -0.2) is 28.0 Å². The van der Waals surface area contributed by atoms with Crippen molar-refractivity contribution in [3.63, 3.8) is 0 Å². The van der Waals surface area contributed by atoms with Crippen LogP contribution in [0.2, 0.25) is 0 Å². The van der Waals surface area contributed by atoms with Gasteiger partial charge >= 0.3 is 0 Å². The molecule has 0 bridgehead atoms. The summed E-state index contributed by atoms with van der Waals surface area (Å²) in [5, 5.41) is 14.0. The van der Waals surface area contributed by atoms with Gasteiger partial charge in [-0.2, -0.15) is 0 Å². The first-order chi connectivity index (χ1) is 8.56. The zero-order valence-electron chi connectivity index (χ0n) is 9.93. The van der Waals surface area contributed by atoms with Crippen molar-refractivity contribution < 1.29 is 14.4 Å². The molecule has 0 radical (unpaired) electrons. The minimum Gasteiger partial charge on any atom is -0.409 e. The van der Waals surface area contributed by atoms with Crippen LogP contribution < -0.4 is 11.1 Å². The van der Waals surface area contributed by atoms with Crippen molar-refractivity contribution in [3.05, 3.63) is 29.8 Å². The summed E-state index contributed by atoms with van der Waals surface area (Å²) in [6.45, 7) is 1.85. The van der Waals surface area contributed by atoms with Crippen molar-refractivity contribution >= 4 is 11.7 Å². The lowest BCUT2D eigenvalue weighted by Gasteiger charge is -2.15. The Kier molecular flexibility index (Phi) is 5.04. The van der Waals surface area contributed by atoms with E-state index in [-0.39, 0.29) is 24.0 Å². The average Bonchev–Trinajstić information content (AvgIpc) is 2.38. The lowest BCUT2D eigenvalue weighted by atomic mass is 10.1. The summed E-state index contributed by atoms with van der Waals surface area (Å²) in [5.74, 6) is -0.892. The number of rotatable bonds is 5. The normalized spacial score (nSPS) is 13.1. The van der Waals surface area contributed by atoms with Crippen LogP contribution in [0.4, 0.5) is 4.39 Å². The first kappa shape index (κ1) is 13.9. The van der Waals surface area contributed by atoms with E-state index in [0.717, 1.165) is 12.3 Å². The fraction of sp³-hybridized carbons (Fsp3) is 0.364. The summed E-state index contributed by atoms with van der Waals surface area (Å²) >= 11 is 0. The second-order valence-corrected chi connectivity index (χ2v) is 3.74. The van der Waals surface area contributed by atoms with Crippen molar-refractivity contribution in [1.82, 2.24) is 10.3 Å². The number of hydrogen-bond donors (Lipinski definition) is 3. The molecule has 98 valence electrons. The van der Waals surface area contributed by atoms with E-state index in [4.69, 9.17) is 10.9 Å². The van der Waals surface area contributed by atoms with Gasteiger partial charge < -0.3 is 16.3 Å². The molecule has 1 rings (SSSR count). The maximum atomic E-state index is 12.6. The van der Waals surface area contributed by atoms with E-state index in [2.05, 4.69) is 15.5 Å². The molecule has 1 heterocycles. The van der Waals surface area contributed by atoms with Crippen molar-refractivity contribution in [3.8, 4) is 0 Å². The number of nitrogens with one attached hydrogen (secondary N) is 1. The Balaban J connectivity index is 2.64. The van der Waals surface area contributed by atoms with Crippen molar-refractivity contribution in [2.45, 2.75) is 25.8 Å². The van der Waals surface area contributed by atoms with Gasteiger partial charge in [-0.3, -0.25) is 4.79 Å². The van der Waals surface area contributed by atoms with Crippen LogP contribution in [0.3, 0.4) is 0 Å². The Morgan fingerprint density at radius 3 is 2.89 bits per heavy atom. The summed E-state index contributed by atoms with van der Waals surface area (Å²) in [5.41, 5.74) is 5.49. The van der Waals surface area contributed by atoms with Crippen LogP contribution in [0.25, 0.3) is 0 Å². The number of nitrogens with two attached hydrogens (primary N) is 1.